The van der Waals surface area contributed by atoms with Gasteiger partial charge < -0.3 is 10.4 Å². The van der Waals surface area contributed by atoms with E-state index in [1.54, 1.807) is 6.07 Å². The van der Waals surface area contributed by atoms with Crippen LogP contribution in [0.3, 0.4) is 0 Å². The summed E-state index contributed by atoms with van der Waals surface area (Å²) in [5.41, 5.74) is 1.59. The molecular weight excluding hydrogens is 221 g/mol. The summed E-state index contributed by atoms with van der Waals surface area (Å²) in [5, 5.41) is 12.2. The molecular formula is C13H12FNO2. The molecule has 1 aliphatic heterocycles. The number of benzene rings is 1. The van der Waals surface area contributed by atoms with Crippen molar-refractivity contribution in [3.63, 3.8) is 0 Å². The smallest absolute Gasteiger partial charge is 0.326 e. The molecule has 0 saturated heterocycles. The summed E-state index contributed by atoms with van der Waals surface area (Å²) in [7, 11) is 0. The van der Waals surface area contributed by atoms with Gasteiger partial charge in [-0.1, -0.05) is 12.2 Å². The first-order valence-electron chi connectivity index (χ1n) is 5.62. The molecule has 3 unspecified atom stereocenters. The number of rotatable bonds is 1. The van der Waals surface area contributed by atoms with Gasteiger partial charge in [0.15, 0.2) is 0 Å². The average molecular weight is 233 g/mol. The van der Waals surface area contributed by atoms with E-state index in [1.807, 2.05) is 12.2 Å². The fraction of sp³-hybridized carbons (Fsp3) is 0.308. The Morgan fingerprint density at radius 1 is 1.47 bits per heavy atom. The normalized spacial score (nSPS) is 29.4. The Hall–Kier alpha value is -1.84. The third kappa shape index (κ3) is 1.52. The van der Waals surface area contributed by atoms with Gasteiger partial charge in [0.05, 0.1) is 0 Å². The van der Waals surface area contributed by atoms with Crippen molar-refractivity contribution in [3.05, 3.63) is 41.7 Å². The number of halogens is 1. The number of allylic oxidation sites excluding steroid dienone is 2. The van der Waals surface area contributed by atoms with Gasteiger partial charge in [-0.2, -0.15) is 0 Å². The van der Waals surface area contributed by atoms with Crippen molar-refractivity contribution in [1.82, 2.24) is 0 Å². The first-order valence-corrected chi connectivity index (χ1v) is 5.62. The molecule has 0 bridgehead atoms. The van der Waals surface area contributed by atoms with Gasteiger partial charge in [0.1, 0.15) is 11.9 Å². The molecule has 0 saturated carbocycles. The molecule has 0 amide bonds. The molecule has 2 N–H and O–H groups in total. The van der Waals surface area contributed by atoms with Gasteiger partial charge in [-0.25, -0.2) is 9.18 Å². The molecule has 1 aliphatic carbocycles. The standard InChI is InChI=1S/C13H12FNO2/c14-7-4-5-11-10(6-7)8-2-1-3-9(8)12(15-11)13(16)17/h1-2,4-6,8-9,12,15H,3H2,(H,16,17). The van der Waals surface area contributed by atoms with Gasteiger partial charge in [-0.05, 0) is 30.2 Å². The Bertz CT molecular complexity index is 512. The molecule has 2 aliphatic rings. The number of hydrogen-bond acceptors (Lipinski definition) is 2. The predicted molar refractivity (Wildman–Crippen MR) is 61.4 cm³/mol. The van der Waals surface area contributed by atoms with E-state index in [4.69, 9.17) is 0 Å². The molecule has 0 radical (unpaired) electrons. The van der Waals surface area contributed by atoms with Crippen LogP contribution in [0.2, 0.25) is 0 Å². The van der Waals surface area contributed by atoms with Crippen LogP contribution >= 0.6 is 0 Å². The summed E-state index contributed by atoms with van der Waals surface area (Å²) in [6, 6.07) is 3.87. The van der Waals surface area contributed by atoms with Crippen molar-refractivity contribution in [3.8, 4) is 0 Å². The van der Waals surface area contributed by atoms with Gasteiger partial charge in [0.2, 0.25) is 0 Å². The average Bonchev–Trinajstić information content (AvgIpc) is 2.76. The zero-order valence-corrected chi connectivity index (χ0v) is 9.06. The summed E-state index contributed by atoms with van der Waals surface area (Å²) < 4.78 is 13.2. The van der Waals surface area contributed by atoms with Gasteiger partial charge in [0, 0.05) is 17.5 Å². The summed E-state index contributed by atoms with van der Waals surface area (Å²) in [5.74, 6) is -1.12. The fourth-order valence-corrected chi connectivity index (χ4v) is 2.81. The number of aliphatic carboxylic acids is 1. The molecule has 4 heteroatoms. The number of carboxylic acid groups (broad SMARTS) is 1. The van der Waals surface area contributed by atoms with Crippen LogP contribution in [0.5, 0.6) is 0 Å². The van der Waals surface area contributed by atoms with Crippen LogP contribution in [0.1, 0.15) is 17.9 Å². The summed E-state index contributed by atoms with van der Waals surface area (Å²) >= 11 is 0. The van der Waals surface area contributed by atoms with Crippen LogP contribution in [0, 0.1) is 11.7 Å². The lowest BCUT2D eigenvalue weighted by Gasteiger charge is -2.34. The quantitative estimate of drug-likeness (QED) is 0.732. The van der Waals surface area contributed by atoms with E-state index >= 15 is 0 Å². The van der Waals surface area contributed by atoms with Crippen LogP contribution in [-0.2, 0) is 4.79 Å². The maximum Gasteiger partial charge on any atom is 0.326 e. The van der Waals surface area contributed by atoms with Crippen molar-refractivity contribution in [1.29, 1.82) is 0 Å². The highest BCUT2D eigenvalue weighted by molar-refractivity contribution is 5.80. The number of nitrogens with one attached hydrogen (secondary N) is 1. The van der Waals surface area contributed by atoms with Crippen molar-refractivity contribution < 1.29 is 14.3 Å². The zero-order valence-electron chi connectivity index (χ0n) is 9.06. The molecule has 1 aromatic carbocycles. The Morgan fingerprint density at radius 2 is 2.29 bits per heavy atom. The molecule has 0 spiro atoms. The minimum Gasteiger partial charge on any atom is -0.480 e. The Morgan fingerprint density at radius 3 is 3.06 bits per heavy atom. The maximum absolute atomic E-state index is 13.2. The van der Waals surface area contributed by atoms with Gasteiger partial charge in [-0.15, -0.1) is 0 Å². The number of fused-ring (bicyclic) bond motifs is 3. The first kappa shape index (κ1) is 10.3. The fourth-order valence-electron chi connectivity index (χ4n) is 2.81. The molecule has 0 aromatic heterocycles. The van der Waals surface area contributed by atoms with Crippen LogP contribution in [0.15, 0.2) is 30.4 Å². The molecule has 1 heterocycles. The Labute approximate surface area is 98.0 Å². The van der Waals surface area contributed by atoms with E-state index in [9.17, 15) is 14.3 Å². The van der Waals surface area contributed by atoms with Crippen LogP contribution < -0.4 is 5.32 Å². The highest BCUT2D eigenvalue weighted by Crippen LogP contribution is 2.44. The second kappa shape index (κ2) is 3.58. The molecule has 0 fully saturated rings. The minimum atomic E-state index is -0.848. The number of hydrogen-bond donors (Lipinski definition) is 2. The van der Waals surface area contributed by atoms with E-state index in [-0.39, 0.29) is 17.7 Å². The zero-order chi connectivity index (χ0) is 12.0. The Balaban J connectivity index is 2.09. The second-order valence-corrected chi connectivity index (χ2v) is 4.55. The SMILES string of the molecule is O=C(O)C1Nc2ccc(F)cc2C2C=CCC12. The predicted octanol–water partition coefficient (Wildman–Crippen LogP) is 2.36. The van der Waals surface area contributed by atoms with Crippen molar-refractivity contribution in [2.75, 3.05) is 5.32 Å². The number of anilines is 1. The molecule has 17 heavy (non-hydrogen) atoms. The van der Waals surface area contributed by atoms with Crippen molar-refractivity contribution in [2.45, 2.75) is 18.4 Å². The van der Waals surface area contributed by atoms with Crippen LogP contribution in [0.4, 0.5) is 10.1 Å². The second-order valence-electron chi connectivity index (χ2n) is 4.55. The molecule has 3 atom stereocenters. The maximum atomic E-state index is 13.2. The van der Waals surface area contributed by atoms with Crippen molar-refractivity contribution in [2.24, 2.45) is 5.92 Å². The van der Waals surface area contributed by atoms with E-state index in [2.05, 4.69) is 5.32 Å². The number of carbonyl (C=O) groups is 1. The summed E-state index contributed by atoms with van der Waals surface area (Å²) in [4.78, 5) is 11.2. The lowest BCUT2D eigenvalue weighted by Crippen LogP contribution is -2.41. The highest BCUT2D eigenvalue weighted by atomic mass is 19.1. The van der Waals surface area contributed by atoms with E-state index in [0.717, 1.165) is 17.7 Å². The summed E-state index contributed by atoms with van der Waals surface area (Å²) in [6.45, 7) is 0. The minimum absolute atomic E-state index is 0.0122. The van der Waals surface area contributed by atoms with E-state index < -0.39 is 12.0 Å². The van der Waals surface area contributed by atoms with E-state index in [0.29, 0.717) is 0 Å². The molecule has 1 aromatic rings. The molecule has 88 valence electrons. The van der Waals surface area contributed by atoms with Gasteiger partial charge in [0.25, 0.3) is 0 Å². The highest BCUT2D eigenvalue weighted by Gasteiger charge is 2.40. The lowest BCUT2D eigenvalue weighted by atomic mass is 9.79. The first-order chi connectivity index (χ1) is 8.16. The van der Waals surface area contributed by atoms with Crippen LogP contribution in [0.25, 0.3) is 0 Å². The van der Waals surface area contributed by atoms with Crippen molar-refractivity contribution >= 4 is 11.7 Å². The summed E-state index contributed by atoms with van der Waals surface area (Å²) in [6.07, 6.45) is 4.69. The monoisotopic (exact) mass is 233 g/mol. The van der Waals surface area contributed by atoms with E-state index in [1.165, 1.54) is 12.1 Å². The molecule has 3 nitrogen and oxygen atoms in total. The Kier molecular flexibility index (Phi) is 2.18. The van der Waals surface area contributed by atoms with Crippen LogP contribution in [-0.4, -0.2) is 17.1 Å². The van der Waals surface area contributed by atoms with Gasteiger partial charge in [-0.3, -0.25) is 0 Å². The van der Waals surface area contributed by atoms with Gasteiger partial charge >= 0.3 is 5.97 Å². The molecule has 3 rings (SSSR count). The lowest BCUT2D eigenvalue weighted by molar-refractivity contribution is -0.139. The topological polar surface area (TPSA) is 49.3 Å². The largest absolute Gasteiger partial charge is 0.480 e. The third-order valence-electron chi connectivity index (χ3n) is 3.59. The third-order valence-corrected chi connectivity index (χ3v) is 3.59. The number of carboxylic acids is 1.